The van der Waals surface area contributed by atoms with E-state index in [9.17, 15) is 9.59 Å². The van der Waals surface area contributed by atoms with Gasteiger partial charge >= 0.3 is 0 Å². The molecule has 1 aromatic carbocycles. The van der Waals surface area contributed by atoms with E-state index in [1.54, 1.807) is 18.2 Å². The average Bonchev–Trinajstić information content (AvgIpc) is 2.99. The van der Waals surface area contributed by atoms with Crippen molar-refractivity contribution in [3.05, 3.63) is 45.2 Å². The molecule has 2 aromatic rings. The molecule has 1 saturated heterocycles. The van der Waals surface area contributed by atoms with Crippen LogP contribution in [0, 0.1) is 0 Å². The molecule has 110 valence electrons. The van der Waals surface area contributed by atoms with E-state index in [1.165, 1.54) is 6.20 Å². The Hall–Kier alpha value is -1.85. The molecule has 1 atom stereocenters. The number of pyridine rings is 1. The van der Waals surface area contributed by atoms with E-state index < -0.39 is 5.91 Å². The second-order valence-corrected chi connectivity index (χ2v) is 5.50. The van der Waals surface area contributed by atoms with E-state index in [-0.39, 0.29) is 17.1 Å². The molecule has 1 amide bonds. The average molecular weight is 307 g/mol. The van der Waals surface area contributed by atoms with Crippen LogP contribution < -0.4 is 10.7 Å². The third-order valence-electron chi connectivity index (χ3n) is 3.60. The lowest BCUT2D eigenvalue weighted by atomic mass is 10.1. The molecule has 3 rings (SSSR count). The van der Waals surface area contributed by atoms with Gasteiger partial charge in [0.05, 0.1) is 6.10 Å². The van der Waals surface area contributed by atoms with Crippen LogP contribution in [0.2, 0.25) is 5.02 Å². The Morgan fingerprint density at radius 1 is 1.48 bits per heavy atom. The van der Waals surface area contributed by atoms with E-state index >= 15 is 0 Å². The number of benzene rings is 1. The highest BCUT2D eigenvalue weighted by Gasteiger charge is 2.18. The van der Waals surface area contributed by atoms with Gasteiger partial charge in [0, 0.05) is 35.3 Å². The SMILES string of the molecule is O=C(NCC1CCCO1)c1c[nH]c2ccc(Cl)cc2c1=O. The van der Waals surface area contributed by atoms with Crippen LogP contribution in [-0.2, 0) is 4.74 Å². The number of aromatic nitrogens is 1. The first-order valence-electron chi connectivity index (χ1n) is 6.86. The third kappa shape index (κ3) is 2.94. The summed E-state index contributed by atoms with van der Waals surface area (Å²) >= 11 is 5.90. The normalized spacial score (nSPS) is 18.0. The molecule has 1 aliphatic rings. The zero-order valence-electron chi connectivity index (χ0n) is 11.3. The predicted molar refractivity (Wildman–Crippen MR) is 80.9 cm³/mol. The van der Waals surface area contributed by atoms with Crippen molar-refractivity contribution < 1.29 is 9.53 Å². The molecule has 6 heteroatoms. The van der Waals surface area contributed by atoms with Crippen LogP contribution in [0.4, 0.5) is 0 Å². The van der Waals surface area contributed by atoms with Crippen LogP contribution in [0.15, 0.2) is 29.2 Å². The van der Waals surface area contributed by atoms with E-state index in [2.05, 4.69) is 10.3 Å². The molecule has 5 nitrogen and oxygen atoms in total. The highest BCUT2D eigenvalue weighted by molar-refractivity contribution is 6.31. The lowest BCUT2D eigenvalue weighted by molar-refractivity contribution is 0.0857. The topological polar surface area (TPSA) is 71.2 Å². The smallest absolute Gasteiger partial charge is 0.256 e. The number of carbonyl (C=O) groups is 1. The summed E-state index contributed by atoms with van der Waals surface area (Å²) in [5.41, 5.74) is 0.416. The Bertz CT molecular complexity index is 735. The van der Waals surface area contributed by atoms with Gasteiger partial charge in [-0.3, -0.25) is 9.59 Å². The number of carbonyl (C=O) groups excluding carboxylic acids is 1. The Morgan fingerprint density at radius 3 is 3.10 bits per heavy atom. The van der Waals surface area contributed by atoms with Crippen LogP contribution >= 0.6 is 11.6 Å². The number of aromatic amines is 1. The minimum absolute atomic E-state index is 0.0444. The molecule has 0 saturated carbocycles. The number of amides is 1. The van der Waals surface area contributed by atoms with Crippen LogP contribution in [0.25, 0.3) is 10.9 Å². The predicted octanol–water partition coefficient (Wildman–Crippen LogP) is 2.09. The Kier molecular flexibility index (Phi) is 3.94. The first-order chi connectivity index (χ1) is 10.1. The summed E-state index contributed by atoms with van der Waals surface area (Å²) in [6.07, 6.45) is 3.42. The molecule has 1 aliphatic heterocycles. The molecule has 2 heterocycles. The molecule has 1 aromatic heterocycles. The van der Waals surface area contributed by atoms with Crippen molar-refractivity contribution in [1.29, 1.82) is 0 Å². The van der Waals surface area contributed by atoms with Gasteiger partial charge in [0.1, 0.15) is 5.56 Å². The Morgan fingerprint density at radius 2 is 2.33 bits per heavy atom. The van der Waals surface area contributed by atoms with Crippen molar-refractivity contribution in [3.63, 3.8) is 0 Å². The minimum Gasteiger partial charge on any atom is -0.376 e. The van der Waals surface area contributed by atoms with E-state index in [0.29, 0.717) is 22.5 Å². The van der Waals surface area contributed by atoms with Gasteiger partial charge in [-0.25, -0.2) is 0 Å². The number of hydrogen-bond acceptors (Lipinski definition) is 3. The summed E-state index contributed by atoms with van der Waals surface area (Å²) in [5, 5.41) is 3.62. The van der Waals surface area contributed by atoms with Crippen molar-refractivity contribution in [2.75, 3.05) is 13.2 Å². The number of rotatable bonds is 3. The largest absolute Gasteiger partial charge is 0.376 e. The van der Waals surface area contributed by atoms with Crippen LogP contribution in [0.1, 0.15) is 23.2 Å². The van der Waals surface area contributed by atoms with Crippen molar-refractivity contribution in [2.24, 2.45) is 0 Å². The maximum atomic E-state index is 12.3. The van der Waals surface area contributed by atoms with E-state index in [1.807, 2.05) is 0 Å². The highest BCUT2D eigenvalue weighted by atomic mass is 35.5. The first-order valence-corrected chi connectivity index (χ1v) is 7.24. The lowest BCUT2D eigenvalue weighted by Crippen LogP contribution is -2.34. The van der Waals surface area contributed by atoms with Gasteiger partial charge in [-0.2, -0.15) is 0 Å². The highest BCUT2D eigenvalue weighted by Crippen LogP contribution is 2.15. The quantitative estimate of drug-likeness (QED) is 0.912. The van der Waals surface area contributed by atoms with Crippen LogP contribution in [0.5, 0.6) is 0 Å². The molecule has 0 spiro atoms. The van der Waals surface area contributed by atoms with Gasteiger partial charge in [0.15, 0.2) is 0 Å². The van der Waals surface area contributed by atoms with Crippen LogP contribution in [0.3, 0.4) is 0 Å². The zero-order valence-corrected chi connectivity index (χ0v) is 12.1. The van der Waals surface area contributed by atoms with Crippen molar-refractivity contribution in [1.82, 2.24) is 10.3 Å². The minimum atomic E-state index is -0.395. The molecule has 0 bridgehead atoms. The standard InChI is InChI=1S/C15H15ClN2O3/c16-9-3-4-13-11(6-9)14(19)12(8-17-13)15(20)18-7-10-2-1-5-21-10/h3-4,6,8,10H,1-2,5,7H2,(H,17,19)(H,18,20). The number of fused-ring (bicyclic) bond motifs is 1. The van der Waals surface area contributed by atoms with Gasteiger partial charge < -0.3 is 15.0 Å². The fourth-order valence-corrected chi connectivity index (χ4v) is 2.64. The maximum absolute atomic E-state index is 12.3. The van der Waals surface area contributed by atoms with Gasteiger partial charge in [0.25, 0.3) is 5.91 Å². The number of hydrogen-bond donors (Lipinski definition) is 2. The van der Waals surface area contributed by atoms with Crippen molar-refractivity contribution in [3.8, 4) is 0 Å². The molecular formula is C15H15ClN2O3. The molecule has 2 N–H and O–H groups in total. The molecule has 1 fully saturated rings. The molecule has 21 heavy (non-hydrogen) atoms. The number of nitrogens with one attached hydrogen (secondary N) is 2. The maximum Gasteiger partial charge on any atom is 0.256 e. The first kappa shape index (κ1) is 14.1. The zero-order chi connectivity index (χ0) is 14.8. The molecule has 0 radical (unpaired) electrons. The van der Waals surface area contributed by atoms with Gasteiger partial charge in [-0.15, -0.1) is 0 Å². The second kappa shape index (κ2) is 5.87. The summed E-state index contributed by atoms with van der Waals surface area (Å²) < 4.78 is 5.44. The Labute approximate surface area is 126 Å². The van der Waals surface area contributed by atoms with E-state index in [0.717, 1.165) is 19.4 Å². The summed E-state index contributed by atoms with van der Waals surface area (Å²) in [5.74, 6) is -0.395. The summed E-state index contributed by atoms with van der Waals surface area (Å²) in [7, 11) is 0. The molecule has 0 aliphatic carbocycles. The number of halogens is 1. The second-order valence-electron chi connectivity index (χ2n) is 5.07. The summed E-state index contributed by atoms with van der Waals surface area (Å²) in [6.45, 7) is 1.15. The fraction of sp³-hybridized carbons (Fsp3) is 0.333. The fourth-order valence-electron chi connectivity index (χ4n) is 2.47. The van der Waals surface area contributed by atoms with Crippen molar-refractivity contribution >= 4 is 28.4 Å². The number of H-pyrrole nitrogens is 1. The monoisotopic (exact) mass is 306 g/mol. The molecule has 1 unspecified atom stereocenters. The summed E-state index contributed by atoms with van der Waals surface area (Å²) in [6, 6.07) is 4.97. The lowest BCUT2D eigenvalue weighted by Gasteiger charge is -2.10. The van der Waals surface area contributed by atoms with E-state index in [4.69, 9.17) is 16.3 Å². The van der Waals surface area contributed by atoms with Crippen LogP contribution in [-0.4, -0.2) is 30.1 Å². The van der Waals surface area contributed by atoms with Crippen molar-refractivity contribution in [2.45, 2.75) is 18.9 Å². The van der Waals surface area contributed by atoms with Gasteiger partial charge in [-0.05, 0) is 31.0 Å². The Balaban J connectivity index is 1.84. The third-order valence-corrected chi connectivity index (χ3v) is 3.84. The molecular weight excluding hydrogens is 292 g/mol. The van der Waals surface area contributed by atoms with Gasteiger partial charge in [-0.1, -0.05) is 11.6 Å². The van der Waals surface area contributed by atoms with Gasteiger partial charge in [0.2, 0.25) is 5.43 Å². The number of ether oxygens (including phenoxy) is 1. The summed E-state index contributed by atoms with van der Waals surface area (Å²) in [4.78, 5) is 27.4.